The molecule has 0 unspecified atom stereocenters. The van der Waals surface area contributed by atoms with Gasteiger partial charge in [0.05, 0.1) is 23.9 Å². The van der Waals surface area contributed by atoms with E-state index in [9.17, 15) is 19.7 Å². The monoisotopic (exact) mass is 278 g/mol. The first-order valence-corrected chi connectivity index (χ1v) is 5.44. The molecule has 104 valence electrons. The number of hydrogen-bond donors (Lipinski definition) is 2. The van der Waals surface area contributed by atoms with Crippen LogP contribution < -0.4 is 16.7 Å². The Morgan fingerprint density at radius 1 is 1.50 bits per heavy atom. The molecule has 0 aliphatic heterocycles. The second-order valence-corrected chi connectivity index (χ2v) is 3.87. The molecule has 9 nitrogen and oxygen atoms in total. The highest BCUT2D eigenvalue weighted by atomic mass is 16.6. The van der Waals surface area contributed by atoms with Crippen LogP contribution in [-0.4, -0.2) is 15.4 Å². The Balaban J connectivity index is 2.34. The fourth-order valence-electron chi connectivity index (χ4n) is 1.67. The van der Waals surface area contributed by atoms with Crippen LogP contribution in [0.4, 0.5) is 5.69 Å². The molecule has 2 aromatic rings. The highest BCUT2D eigenvalue weighted by Gasteiger charge is 2.16. The number of rotatable bonds is 4. The van der Waals surface area contributed by atoms with Gasteiger partial charge >= 0.3 is 11.6 Å². The summed E-state index contributed by atoms with van der Waals surface area (Å²) in [5.41, 5.74) is 1.19. The third-order valence-corrected chi connectivity index (χ3v) is 2.59. The summed E-state index contributed by atoms with van der Waals surface area (Å²) in [4.78, 5) is 32.6. The second-order valence-electron chi connectivity index (χ2n) is 3.87. The Hall–Kier alpha value is -2.94. The molecule has 0 bridgehead atoms. The number of hydrogen-bond acceptors (Lipinski definition) is 6. The number of nitrogens with one attached hydrogen (secondary N) is 1. The van der Waals surface area contributed by atoms with Crippen LogP contribution in [0.3, 0.4) is 0 Å². The van der Waals surface area contributed by atoms with E-state index in [1.807, 2.05) is 5.43 Å². The molecule has 0 saturated carbocycles. The number of aromatic nitrogens is 1. The molecule has 0 aliphatic rings. The molecule has 0 aromatic carbocycles. The zero-order chi connectivity index (χ0) is 14.7. The lowest BCUT2D eigenvalue weighted by molar-refractivity contribution is -0.386. The number of nitrogen functional groups attached to an aromatic ring is 1. The topological polar surface area (TPSA) is 133 Å². The maximum absolute atomic E-state index is 11.4. The number of carbonyl (C=O) groups is 1. The smallest absolute Gasteiger partial charge is 0.332 e. The van der Waals surface area contributed by atoms with Crippen molar-refractivity contribution < 1.29 is 14.1 Å². The average molecular weight is 278 g/mol. The van der Waals surface area contributed by atoms with Crippen LogP contribution in [-0.2, 0) is 6.54 Å². The number of nitrogens with two attached hydrogens (primary N) is 1. The minimum absolute atomic E-state index is 0.00820. The summed E-state index contributed by atoms with van der Waals surface area (Å²) in [6.45, 7) is 0.125. The largest absolute Gasteiger partial charge is 0.459 e. The number of hydrazine groups is 1. The van der Waals surface area contributed by atoms with E-state index in [0.717, 1.165) is 12.3 Å². The van der Waals surface area contributed by atoms with Crippen molar-refractivity contribution in [2.75, 3.05) is 0 Å². The summed E-state index contributed by atoms with van der Waals surface area (Å²) in [5.74, 6) is 4.41. The predicted molar refractivity (Wildman–Crippen MR) is 66.8 cm³/mol. The van der Waals surface area contributed by atoms with E-state index in [0.29, 0.717) is 5.56 Å². The molecule has 3 N–H and O–H groups in total. The van der Waals surface area contributed by atoms with E-state index >= 15 is 0 Å². The number of amides is 1. The molecule has 2 heterocycles. The summed E-state index contributed by atoms with van der Waals surface area (Å²) in [6.07, 6.45) is 3.78. The van der Waals surface area contributed by atoms with Gasteiger partial charge in [-0.05, 0) is 6.07 Å². The lowest BCUT2D eigenvalue weighted by atomic mass is 10.2. The van der Waals surface area contributed by atoms with Gasteiger partial charge in [0.15, 0.2) is 5.76 Å². The van der Waals surface area contributed by atoms with Gasteiger partial charge in [0.1, 0.15) is 0 Å². The molecule has 1 amide bonds. The van der Waals surface area contributed by atoms with Crippen molar-refractivity contribution in [2.45, 2.75) is 6.54 Å². The Morgan fingerprint density at radius 2 is 2.25 bits per heavy atom. The van der Waals surface area contributed by atoms with Crippen LogP contribution in [0.15, 0.2) is 40.0 Å². The van der Waals surface area contributed by atoms with E-state index in [-0.39, 0.29) is 12.3 Å². The molecular weight excluding hydrogens is 268 g/mol. The highest BCUT2D eigenvalue weighted by molar-refractivity contribution is 5.92. The summed E-state index contributed by atoms with van der Waals surface area (Å²) in [5, 5.41) is 10.7. The quantitative estimate of drug-likeness (QED) is 0.350. The predicted octanol–water partition coefficient (Wildman–Crippen LogP) is 0.00130. The Labute approximate surface area is 111 Å². The first-order valence-electron chi connectivity index (χ1n) is 5.44. The number of carbonyl (C=O) groups excluding carboxylic acids is 1. The van der Waals surface area contributed by atoms with Crippen LogP contribution in [0.2, 0.25) is 0 Å². The van der Waals surface area contributed by atoms with Gasteiger partial charge in [0, 0.05) is 17.8 Å². The van der Waals surface area contributed by atoms with E-state index < -0.39 is 21.9 Å². The van der Waals surface area contributed by atoms with E-state index in [4.69, 9.17) is 10.3 Å². The summed E-state index contributed by atoms with van der Waals surface area (Å²) >= 11 is 0. The van der Waals surface area contributed by atoms with Crippen molar-refractivity contribution in [2.24, 2.45) is 5.84 Å². The summed E-state index contributed by atoms with van der Waals surface area (Å²) < 4.78 is 6.39. The summed E-state index contributed by atoms with van der Waals surface area (Å²) in [7, 11) is 0. The van der Waals surface area contributed by atoms with Gasteiger partial charge < -0.3 is 8.98 Å². The average Bonchev–Trinajstić information content (AvgIpc) is 2.88. The lowest BCUT2D eigenvalue weighted by Gasteiger charge is -2.05. The number of nitro groups is 1. The van der Waals surface area contributed by atoms with Crippen LogP contribution in [0.1, 0.15) is 16.1 Å². The molecule has 9 heteroatoms. The molecule has 0 saturated heterocycles. The van der Waals surface area contributed by atoms with Gasteiger partial charge in [0.2, 0.25) is 0 Å². The van der Waals surface area contributed by atoms with Gasteiger partial charge in [0.25, 0.3) is 5.43 Å². The van der Waals surface area contributed by atoms with Gasteiger partial charge in [-0.3, -0.25) is 25.1 Å². The Morgan fingerprint density at radius 3 is 2.90 bits per heavy atom. The van der Waals surface area contributed by atoms with Crippen LogP contribution in [0.5, 0.6) is 0 Å². The molecule has 0 spiro atoms. The molecule has 0 radical (unpaired) electrons. The van der Waals surface area contributed by atoms with Gasteiger partial charge in [-0.1, -0.05) is 0 Å². The molecule has 0 aliphatic carbocycles. The maximum Gasteiger partial charge on any atom is 0.332 e. The normalized spacial score (nSPS) is 10.2. The fraction of sp³-hybridized carbons (Fsp3) is 0.0909. The molecule has 2 rings (SSSR count). The number of nitrogens with zero attached hydrogens (tertiary/aromatic N) is 2. The van der Waals surface area contributed by atoms with Crippen molar-refractivity contribution >= 4 is 11.6 Å². The van der Waals surface area contributed by atoms with Gasteiger partial charge in [-0.25, -0.2) is 5.84 Å². The molecule has 0 atom stereocenters. The molecule has 20 heavy (non-hydrogen) atoms. The lowest BCUT2D eigenvalue weighted by Crippen LogP contribution is -2.30. The van der Waals surface area contributed by atoms with E-state index in [2.05, 4.69) is 0 Å². The third kappa shape index (κ3) is 2.57. The standard InChI is InChI=1S/C11H10N4O5/c12-13-11(17)10-7(2-4-20-10)5-14-3-1-9(16)8(6-14)15(18)19/h1-4,6H,5,12H2,(H,13,17). The van der Waals surface area contributed by atoms with Crippen LogP contribution >= 0.6 is 0 Å². The van der Waals surface area contributed by atoms with E-state index in [1.54, 1.807) is 0 Å². The van der Waals surface area contributed by atoms with Gasteiger partial charge in [-0.15, -0.1) is 0 Å². The molecule has 0 fully saturated rings. The minimum Gasteiger partial charge on any atom is -0.459 e. The van der Waals surface area contributed by atoms with Crippen LogP contribution in [0, 0.1) is 10.1 Å². The van der Waals surface area contributed by atoms with Crippen molar-refractivity contribution in [1.82, 2.24) is 9.99 Å². The zero-order valence-electron chi connectivity index (χ0n) is 10.1. The first-order chi connectivity index (χ1) is 9.52. The highest BCUT2D eigenvalue weighted by Crippen LogP contribution is 2.13. The minimum atomic E-state index is -0.762. The van der Waals surface area contributed by atoms with Crippen molar-refractivity contribution in [3.05, 3.63) is 62.5 Å². The fourth-order valence-corrected chi connectivity index (χ4v) is 1.67. The maximum atomic E-state index is 11.4. The Kier molecular flexibility index (Phi) is 3.62. The van der Waals surface area contributed by atoms with Crippen molar-refractivity contribution in [3.63, 3.8) is 0 Å². The summed E-state index contributed by atoms with van der Waals surface area (Å²) in [6, 6.07) is 2.62. The SMILES string of the molecule is NNC(=O)c1occc1Cn1ccc(=O)c([N+](=O)[O-])c1. The van der Waals surface area contributed by atoms with Crippen molar-refractivity contribution in [3.8, 4) is 0 Å². The number of pyridine rings is 1. The molecular formula is C11H10N4O5. The molecule has 2 aromatic heterocycles. The second kappa shape index (κ2) is 5.36. The third-order valence-electron chi connectivity index (χ3n) is 2.59. The number of furan rings is 1. The van der Waals surface area contributed by atoms with Gasteiger partial charge in [-0.2, -0.15) is 0 Å². The Bertz CT molecular complexity index is 718. The first kappa shape index (κ1) is 13.5. The van der Waals surface area contributed by atoms with Crippen molar-refractivity contribution in [1.29, 1.82) is 0 Å². The van der Waals surface area contributed by atoms with E-state index in [1.165, 1.54) is 23.1 Å². The van der Waals surface area contributed by atoms with Crippen LogP contribution in [0.25, 0.3) is 0 Å². The zero-order valence-corrected chi connectivity index (χ0v) is 10.1.